The molecule has 4 aromatic rings. The quantitative estimate of drug-likeness (QED) is 0.253. The zero-order valence-electron chi connectivity index (χ0n) is 23.1. The maximum Gasteiger partial charge on any atom is 0.261 e. The summed E-state index contributed by atoms with van der Waals surface area (Å²) in [6, 6.07) is 23.8. The molecule has 3 fully saturated rings. The second-order valence-electron chi connectivity index (χ2n) is 12.7. The van der Waals surface area contributed by atoms with Crippen LogP contribution in [0.15, 0.2) is 77.4 Å². The third-order valence-electron chi connectivity index (χ3n) is 8.95. The van der Waals surface area contributed by atoms with Gasteiger partial charge in [-0.1, -0.05) is 81.4 Å². The average molecular weight is 591 g/mol. The number of rotatable bonds is 6. The Morgan fingerprint density at radius 2 is 1.58 bits per heavy atom. The average Bonchev–Trinajstić information content (AvgIpc) is 3.44. The standard InChI is InChI=1S/C31H36BrN3O2Si/c1-22-17-23(32)18-35-26(22)33-27(34-35)31-19-30(20-31,29(5,6)37-31)21-36-38(28(2,3)4,24-13-9-7-10-14-24)25-15-11-8-12-16-25/h7-18H,19-21H2,1-6H3. The van der Waals surface area contributed by atoms with Gasteiger partial charge >= 0.3 is 0 Å². The van der Waals surface area contributed by atoms with E-state index in [0.717, 1.165) is 34.3 Å². The van der Waals surface area contributed by atoms with E-state index in [-0.39, 0.29) is 16.1 Å². The summed E-state index contributed by atoms with van der Waals surface area (Å²) in [5.41, 5.74) is 1.04. The SMILES string of the molecule is Cc1cc(Br)cn2nc(C34CC(CO[Si](c5ccccc5)(c5ccccc5)C(C)(C)C)(C3)C(C)(C)O4)nc12. The number of halogens is 1. The number of benzene rings is 2. The Bertz CT molecular complexity index is 1450. The van der Waals surface area contributed by atoms with Crippen LogP contribution in [0.5, 0.6) is 0 Å². The summed E-state index contributed by atoms with van der Waals surface area (Å²) < 4.78 is 17.1. The molecule has 1 saturated carbocycles. The van der Waals surface area contributed by atoms with Gasteiger partial charge in [-0.05, 0) is 76.6 Å². The second-order valence-corrected chi connectivity index (χ2v) is 18.0. The number of ether oxygens (including phenoxy) is 1. The van der Waals surface area contributed by atoms with E-state index < -0.39 is 13.9 Å². The van der Waals surface area contributed by atoms with Gasteiger partial charge in [0.1, 0.15) is 5.60 Å². The fourth-order valence-corrected chi connectivity index (χ4v) is 12.1. The number of hydrogen-bond acceptors (Lipinski definition) is 4. The summed E-state index contributed by atoms with van der Waals surface area (Å²) >= 11 is 3.59. The molecule has 0 amide bonds. The van der Waals surface area contributed by atoms with Crippen molar-refractivity contribution in [1.82, 2.24) is 14.6 Å². The molecule has 5 nitrogen and oxygen atoms in total. The van der Waals surface area contributed by atoms with Gasteiger partial charge in [0, 0.05) is 22.7 Å². The number of aryl methyl sites for hydroxylation is 1. The molecule has 7 heteroatoms. The van der Waals surface area contributed by atoms with Crippen molar-refractivity contribution in [3.63, 3.8) is 0 Å². The monoisotopic (exact) mass is 589 g/mol. The lowest BCUT2D eigenvalue weighted by molar-refractivity contribution is -0.0659. The van der Waals surface area contributed by atoms with Gasteiger partial charge in [-0.3, -0.25) is 0 Å². The Kier molecular flexibility index (Phi) is 5.86. The fourth-order valence-electron chi connectivity index (χ4n) is 6.92. The summed E-state index contributed by atoms with van der Waals surface area (Å²) in [5.74, 6) is 0.783. The highest BCUT2D eigenvalue weighted by molar-refractivity contribution is 9.10. The predicted molar refractivity (Wildman–Crippen MR) is 158 cm³/mol. The third-order valence-corrected chi connectivity index (χ3v) is 14.4. The van der Waals surface area contributed by atoms with Gasteiger partial charge < -0.3 is 9.16 Å². The van der Waals surface area contributed by atoms with Gasteiger partial charge in [-0.2, -0.15) is 0 Å². The highest BCUT2D eigenvalue weighted by Gasteiger charge is 2.74. The molecule has 1 aliphatic carbocycles. The third kappa shape index (κ3) is 3.69. The topological polar surface area (TPSA) is 48.7 Å². The first-order valence-electron chi connectivity index (χ1n) is 13.4. The summed E-state index contributed by atoms with van der Waals surface area (Å²) in [5, 5.41) is 7.43. The van der Waals surface area contributed by atoms with E-state index >= 15 is 0 Å². The van der Waals surface area contributed by atoms with E-state index in [1.807, 2.05) is 10.7 Å². The molecule has 2 saturated heterocycles. The first kappa shape index (κ1) is 25.9. The van der Waals surface area contributed by atoms with Gasteiger partial charge in [0.05, 0.1) is 5.60 Å². The van der Waals surface area contributed by atoms with Crippen LogP contribution < -0.4 is 10.4 Å². The molecule has 0 atom stereocenters. The van der Waals surface area contributed by atoms with Crippen LogP contribution >= 0.6 is 15.9 Å². The lowest BCUT2D eigenvalue weighted by Gasteiger charge is -2.50. The van der Waals surface area contributed by atoms with Gasteiger partial charge in [-0.15, -0.1) is 5.10 Å². The minimum absolute atomic E-state index is 0.0646. The molecular formula is C31H36BrN3O2Si. The molecule has 0 N–H and O–H groups in total. The molecule has 0 spiro atoms. The van der Waals surface area contributed by atoms with Crippen molar-refractivity contribution < 1.29 is 9.16 Å². The van der Waals surface area contributed by atoms with Gasteiger partial charge in [0.2, 0.25) is 0 Å². The molecule has 2 bridgehead atoms. The van der Waals surface area contributed by atoms with Crippen molar-refractivity contribution in [3.8, 4) is 0 Å². The van der Waals surface area contributed by atoms with Crippen LogP contribution in [0.4, 0.5) is 0 Å². The molecule has 2 aromatic carbocycles. The maximum atomic E-state index is 7.41. The van der Waals surface area contributed by atoms with Crippen LogP contribution in [0, 0.1) is 12.3 Å². The number of pyridine rings is 1. The summed E-state index contributed by atoms with van der Waals surface area (Å²) in [7, 11) is -2.64. The van der Waals surface area contributed by atoms with E-state index in [1.165, 1.54) is 10.4 Å². The van der Waals surface area contributed by atoms with Crippen molar-refractivity contribution in [2.75, 3.05) is 6.61 Å². The smallest absolute Gasteiger partial charge is 0.261 e. The molecule has 2 aromatic heterocycles. The van der Waals surface area contributed by atoms with Crippen molar-refractivity contribution >= 4 is 40.3 Å². The van der Waals surface area contributed by atoms with Gasteiger partial charge in [0.15, 0.2) is 11.5 Å². The van der Waals surface area contributed by atoms with Crippen LogP contribution in [0.25, 0.3) is 5.65 Å². The number of hydrogen-bond donors (Lipinski definition) is 0. The maximum absolute atomic E-state index is 7.41. The summed E-state index contributed by atoms with van der Waals surface area (Å²) in [4.78, 5) is 4.96. The highest BCUT2D eigenvalue weighted by atomic mass is 79.9. The Balaban J connectivity index is 1.37. The molecule has 3 aliphatic rings. The van der Waals surface area contributed by atoms with Crippen molar-refractivity contribution in [3.05, 3.63) is 88.8 Å². The number of fused-ring (bicyclic) bond motifs is 2. The Hall–Kier alpha value is -2.32. The normalized spacial score (nSPS) is 24.5. The number of aromatic nitrogens is 3. The lowest BCUT2D eigenvalue weighted by Crippen LogP contribution is -2.68. The van der Waals surface area contributed by atoms with Crippen LogP contribution in [0.2, 0.25) is 5.04 Å². The van der Waals surface area contributed by atoms with Crippen LogP contribution in [-0.2, 0) is 14.8 Å². The van der Waals surface area contributed by atoms with E-state index in [9.17, 15) is 0 Å². The van der Waals surface area contributed by atoms with Crippen LogP contribution in [0.3, 0.4) is 0 Å². The van der Waals surface area contributed by atoms with Crippen molar-refractivity contribution in [1.29, 1.82) is 0 Å². The molecule has 198 valence electrons. The largest absolute Gasteiger partial charge is 0.407 e. The predicted octanol–water partition coefficient (Wildman–Crippen LogP) is 6.16. The van der Waals surface area contributed by atoms with E-state index in [1.54, 1.807) is 0 Å². The summed E-state index contributed by atoms with van der Waals surface area (Å²) in [6.45, 7) is 14.1. The molecule has 4 heterocycles. The fraction of sp³-hybridized carbons (Fsp3) is 0.419. The van der Waals surface area contributed by atoms with Gasteiger partial charge in [-0.25, -0.2) is 9.50 Å². The Labute approximate surface area is 234 Å². The zero-order valence-corrected chi connectivity index (χ0v) is 25.7. The van der Waals surface area contributed by atoms with Crippen LogP contribution in [0.1, 0.15) is 58.8 Å². The zero-order chi connectivity index (χ0) is 27.0. The van der Waals surface area contributed by atoms with E-state index in [4.69, 9.17) is 19.2 Å². The molecule has 38 heavy (non-hydrogen) atoms. The molecular weight excluding hydrogens is 554 g/mol. The molecule has 0 radical (unpaired) electrons. The van der Waals surface area contributed by atoms with Gasteiger partial charge in [0.25, 0.3) is 8.32 Å². The molecule has 7 rings (SSSR count). The highest BCUT2D eigenvalue weighted by Crippen LogP contribution is 2.70. The van der Waals surface area contributed by atoms with E-state index in [0.29, 0.717) is 6.61 Å². The first-order chi connectivity index (χ1) is 17.9. The van der Waals surface area contributed by atoms with Crippen LogP contribution in [-0.4, -0.2) is 35.1 Å². The number of nitrogens with zero attached hydrogens (tertiary/aromatic N) is 3. The van der Waals surface area contributed by atoms with E-state index in [2.05, 4.69) is 124 Å². The lowest BCUT2D eigenvalue weighted by atomic mass is 9.57. The van der Waals surface area contributed by atoms with Crippen molar-refractivity contribution in [2.24, 2.45) is 5.41 Å². The molecule has 2 aliphatic heterocycles. The first-order valence-corrected chi connectivity index (χ1v) is 16.1. The van der Waals surface area contributed by atoms with Crippen molar-refractivity contribution in [2.45, 2.75) is 70.6 Å². The minimum atomic E-state index is -2.64. The Morgan fingerprint density at radius 1 is 1.00 bits per heavy atom. The Morgan fingerprint density at radius 3 is 2.13 bits per heavy atom. The minimum Gasteiger partial charge on any atom is -0.407 e. The summed E-state index contributed by atoms with van der Waals surface area (Å²) in [6.07, 6.45) is 3.69. The molecule has 0 unspecified atom stereocenters. The second kappa shape index (κ2) is 8.59.